The highest BCUT2D eigenvalue weighted by Gasteiger charge is 2.26. The number of hydrogen-bond acceptors (Lipinski definition) is 2. The maximum Gasteiger partial charge on any atom is 0.0500 e. The van der Waals surface area contributed by atoms with Gasteiger partial charge in [0.25, 0.3) is 0 Å². The zero-order valence-corrected chi connectivity index (χ0v) is 9.25. The van der Waals surface area contributed by atoms with E-state index in [1.807, 2.05) is 38.1 Å². The van der Waals surface area contributed by atoms with Crippen LogP contribution >= 0.6 is 11.6 Å². The first-order chi connectivity index (χ1) is 6.47. The first kappa shape index (κ1) is 11.5. The van der Waals surface area contributed by atoms with Gasteiger partial charge < -0.3 is 10.8 Å². The molecule has 0 heterocycles. The monoisotopic (exact) mass is 213 g/mol. The minimum absolute atomic E-state index is 0.0663. The van der Waals surface area contributed by atoms with E-state index in [1.54, 1.807) is 0 Å². The molecule has 14 heavy (non-hydrogen) atoms. The van der Waals surface area contributed by atoms with Gasteiger partial charge in [0.2, 0.25) is 0 Å². The van der Waals surface area contributed by atoms with Crippen LogP contribution < -0.4 is 5.73 Å². The molecule has 0 aliphatic carbocycles. The Morgan fingerprint density at radius 3 is 2.29 bits per heavy atom. The van der Waals surface area contributed by atoms with Crippen LogP contribution in [0.3, 0.4) is 0 Å². The van der Waals surface area contributed by atoms with E-state index in [0.717, 1.165) is 5.56 Å². The fourth-order valence-electron chi connectivity index (χ4n) is 1.22. The molecule has 0 saturated carbocycles. The molecule has 0 aromatic heterocycles. The minimum atomic E-state index is -0.312. The number of benzene rings is 1. The first-order valence-electron chi connectivity index (χ1n) is 4.59. The van der Waals surface area contributed by atoms with Crippen molar-refractivity contribution < 1.29 is 5.11 Å². The normalized spacial score (nSPS) is 14.1. The molecule has 0 spiro atoms. The Hall–Kier alpha value is -0.570. The van der Waals surface area contributed by atoms with Crippen molar-refractivity contribution in [2.24, 2.45) is 11.1 Å². The summed E-state index contributed by atoms with van der Waals surface area (Å²) >= 11 is 5.77. The molecule has 0 radical (unpaired) electrons. The van der Waals surface area contributed by atoms with Gasteiger partial charge in [-0.05, 0) is 17.7 Å². The van der Waals surface area contributed by atoms with Gasteiger partial charge in [-0.2, -0.15) is 0 Å². The van der Waals surface area contributed by atoms with Gasteiger partial charge in [0, 0.05) is 23.1 Å². The summed E-state index contributed by atoms with van der Waals surface area (Å²) in [6, 6.07) is 7.23. The number of aliphatic hydroxyl groups excluding tert-OH is 1. The van der Waals surface area contributed by atoms with E-state index in [2.05, 4.69) is 0 Å². The van der Waals surface area contributed by atoms with Gasteiger partial charge in [-0.3, -0.25) is 0 Å². The second kappa shape index (κ2) is 4.30. The number of nitrogens with two attached hydrogens (primary N) is 1. The second-order valence-corrected chi connectivity index (χ2v) is 4.61. The van der Waals surface area contributed by atoms with Crippen molar-refractivity contribution in [3.05, 3.63) is 34.9 Å². The summed E-state index contributed by atoms with van der Waals surface area (Å²) < 4.78 is 0. The highest BCUT2D eigenvalue weighted by atomic mass is 35.5. The van der Waals surface area contributed by atoms with Crippen LogP contribution in [0.2, 0.25) is 5.02 Å². The number of hydrogen-bond donors (Lipinski definition) is 2. The molecule has 0 unspecified atom stereocenters. The lowest BCUT2D eigenvalue weighted by molar-refractivity contribution is 0.132. The van der Waals surface area contributed by atoms with Crippen LogP contribution in [0.1, 0.15) is 25.5 Å². The maximum absolute atomic E-state index is 9.17. The zero-order chi connectivity index (χ0) is 10.8. The van der Waals surface area contributed by atoms with E-state index < -0.39 is 0 Å². The van der Waals surface area contributed by atoms with Gasteiger partial charge in [-0.15, -0.1) is 0 Å². The Morgan fingerprint density at radius 2 is 1.86 bits per heavy atom. The first-order valence-corrected chi connectivity index (χ1v) is 4.97. The Kier molecular flexibility index (Phi) is 3.53. The lowest BCUT2D eigenvalue weighted by Crippen LogP contribution is -2.32. The molecule has 3 N–H and O–H groups in total. The minimum Gasteiger partial charge on any atom is -0.396 e. The van der Waals surface area contributed by atoms with Gasteiger partial charge in [-0.1, -0.05) is 37.6 Å². The highest BCUT2D eigenvalue weighted by Crippen LogP contribution is 2.30. The molecule has 2 nitrogen and oxygen atoms in total. The van der Waals surface area contributed by atoms with E-state index in [1.165, 1.54) is 0 Å². The third-order valence-electron chi connectivity index (χ3n) is 2.48. The summed E-state index contributed by atoms with van der Waals surface area (Å²) in [4.78, 5) is 0. The summed E-state index contributed by atoms with van der Waals surface area (Å²) in [6.45, 7) is 3.94. The quantitative estimate of drug-likeness (QED) is 0.810. The number of rotatable bonds is 3. The predicted octanol–water partition coefficient (Wildman–Crippen LogP) is 2.36. The molecule has 0 amide bonds. The highest BCUT2D eigenvalue weighted by molar-refractivity contribution is 6.30. The van der Waals surface area contributed by atoms with Crippen molar-refractivity contribution in [3.8, 4) is 0 Å². The van der Waals surface area contributed by atoms with Crippen LogP contribution in [-0.4, -0.2) is 11.7 Å². The molecule has 0 bridgehead atoms. The van der Waals surface area contributed by atoms with Gasteiger partial charge in [0.05, 0.1) is 0 Å². The molecule has 0 saturated heterocycles. The lowest BCUT2D eigenvalue weighted by atomic mass is 9.82. The molecular weight excluding hydrogens is 198 g/mol. The van der Waals surface area contributed by atoms with Crippen LogP contribution in [0, 0.1) is 5.41 Å². The van der Waals surface area contributed by atoms with Crippen LogP contribution in [0.4, 0.5) is 0 Å². The average Bonchev–Trinajstić information content (AvgIpc) is 2.18. The SMILES string of the molecule is CC(C)(CO)[C@H](N)c1ccc(Cl)cc1. The number of aliphatic hydroxyl groups is 1. The van der Waals surface area contributed by atoms with E-state index >= 15 is 0 Å². The summed E-state index contributed by atoms with van der Waals surface area (Å²) in [5.74, 6) is 0. The van der Waals surface area contributed by atoms with Crippen LogP contribution in [-0.2, 0) is 0 Å². The topological polar surface area (TPSA) is 46.2 Å². The summed E-state index contributed by atoms with van der Waals surface area (Å²) in [5.41, 5.74) is 6.71. The average molecular weight is 214 g/mol. The Bertz CT molecular complexity index is 295. The Morgan fingerprint density at radius 1 is 1.36 bits per heavy atom. The van der Waals surface area contributed by atoms with E-state index in [-0.39, 0.29) is 18.1 Å². The summed E-state index contributed by atoms with van der Waals surface area (Å²) in [7, 11) is 0. The molecule has 1 aromatic carbocycles. The van der Waals surface area contributed by atoms with Crippen molar-refractivity contribution in [2.75, 3.05) is 6.61 Å². The van der Waals surface area contributed by atoms with Crippen molar-refractivity contribution in [3.63, 3.8) is 0 Å². The molecule has 1 aromatic rings. The van der Waals surface area contributed by atoms with Gasteiger partial charge in [0.1, 0.15) is 0 Å². The molecule has 0 aliphatic rings. The van der Waals surface area contributed by atoms with Crippen molar-refractivity contribution in [1.29, 1.82) is 0 Å². The smallest absolute Gasteiger partial charge is 0.0500 e. The van der Waals surface area contributed by atoms with E-state index in [0.29, 0.717) is 5.02 Å². The Labute approximate surface area is 89.7 Å². The predicted molar refractivity (Wildman–Crippen MR) is 59.2 cm³/mol. The standard InChI is InChI=1S/C11H16ClNO/c1-11(2,7-14)10(13)8-3-5-9(12)6-4-8/h3-6,10,14H,7,13H2,1-2H3/t10-/m1/s1. The van der Waals surface area contributed by atoms with Crippen LogP contribution in [0.5, 0.6) is 0 Å². The molecule has 0 fully saturated rings. The van der Waals surface area contributed by atoms with E-state index in [9.17, 15) is 5.11 Å². The van der Waals surface area contributed by atoms with Gasteiger partial charge in [0.15, 0.2) is 0 Å². The molecule has 0 aliphatic heterocycles. The van der Waals surface area contributed by atoms with Crippen LogP contribution in [0.15, 0.2) is 24.3 Å². The third kappa shape index (κ3) is 2.47. The molecular formula is C11H16ClNO. The van der Waals surface area contributed by atoms with Crippen molar-refractivity contribution in [1.82, 2.24) is 0 Å². The van der Waals surface area contributed by atoms with Crippen molar-refractivity contribution >= 4 is 11.6 Å². The number of halogens is 1. The molecule has 78 valence electrons. The third-order valence-corrected chi connectivity index (χ3v) is 2.73. The fourth-order valence-corrected chi connectivity index (χ4v) is 1.35. The zero-order valence-electron chi connectivity index (χ0n) is 8.50. The summed E-state index contributed by atoms with van der Waals surface area (Å²) in [5, 5.41) is 9.87. The van der Waals surface area contributed by atoms with Gasteiger partial charge in [-0.25, -0.2) is 0 Å². The molecule has 1 rings (SSSR count). The second-order valence-electron chi connectivity index (χ2n) is 4.18. The maximum atomic E-state index is 9.17. The molecule has 1 atom stereocenters. The molecule has 3 heteroatoms. The van der Waals surface area contributed by atoms with Crippen molar-refractivity contribution in [2.45, 2.75) is 19.9 Å². The largest absolute Gasteiger partial charge is 0.396 e. The Balaban J connectivity index is 2.89. The van der Waals surface area contributed by atoms with Crippen LogP contribution in [0.25, 0.3) is 0 Å². The van der Waals surface area contributed by atoms with E-state index in [4.69, 9.17) is 17.3 Å². The fraction of sp³-hybridized carbons (Fsp3) is 0.455. The van der Waals surface area contributed by atoms with Gasteiger partial charge >= 0.3 is 0 Å². The summed E-state index contributed by atoms with van der Waals surface area (Å²) in [6.07, 6.45) is 0. The lowest BCUT2D eigenvalue weighted by Gasteiger charge is -2.29.